The van der Waals surface area contributed by atoms with Gasteiger partial charge >= 0.3 is 0 Å². The first-order chi connectivity index (χ1) is 8.81. The molecule has 19 heavy (non-hydrogen) atoms. The molecule has 0 saturated carbocycles. The zero-order valence-electron chi connectivity index (χ0n) is 12.5. The summed E-state index contributed by atoms with van der Waals surface area (Å²) in [6, 6.07) is -0.549. The van der Waals surface area contributed by atoms with Gasteiger partial charge in [-0.05, 0) is 24.2 Å². The van der Waals surface area contributed by atoms with Crippen molar-refractivity contribution in [2.24, 2.45) is 23.5 Å². The van der Waals surface area contributed by atoms with Crippen LogP contribution in [0.4, 0.5) is 0 Å². The molecule has 3 atom stereocenters. The van der Waals surface area contributed by atoms with Crippen molar-refractivity contribution in [1.82, 2.24) is 10.2 Å². The van der Waals surface area contributed by atoms with E-state index < -0.39 is 6.04 Å². The minimum absolute atomic E-state index is 0.0114. The van der Waals surface area contributed by atoms with Crippen molar-refractivity contribution in [3.05, 3.63) is 0 Å². The maximum absolute atomic E-state index is 12.1. The van der Waals surface area contributed by atoms with Crippen molar-refractivity contribution in [2.45, 2.75) is 40.2 Å². The molecule has 0 bridgehead atoms. The van der Waals surface area contributed by atoms with E-state index in [1.807, 2.05) is 18.7 Å². The molecule has 5 heteroatoms. The van der Waals surface area contributed by atoms with Gasteiger partial charge in [-0.2, -0.15) is 0 Å². The molecule has 0 aromatic carbocycles. The van der Waals surface area contributed by atoms with Gasteiger partial charge in [0.1, 0.15) is 0 Å². The van der Waals surface area contributed by atoms with Gasteiger partial charge < -0.3 is 16.0 Å². The fourth-order valence-corrected chi connectivity index (χ4v) is 2.56. The molecule has 0 radical (unpaired) electrons. The maximum Gasteiger partial charge on any atom is 0.241 e. The predicted molar refractivity (Wildman–Crippen MR) is 75.3 cm³/mol. The third-order valence-electron chi connectivity index (χ3n) is 3.66. The Labute approximate surface area is 115 Å². The van der Waals surface area contributed by atoms with Gasteiger partial charge in [0.25, 0.3) is 0 Å². The van der Waals surface area contributed by atoms with E-state index in [0.717, 1.165) is 19.5 Å². The summed E-state index contributed by atoms with van der Waals surface area (Å²) in [6.45, 7) is 9.72. The second-order valence-corrected chi connectivity index (χ2v) is 6.23. The maximum atomic E-state index is 12.1. The third-order valence-corrected chi connectivity index (χ3v) is 3.66. The fourth-order valence-electron chi connectivity index (χ4n) is 2.56. The van der Waals surface area contributed by atoms with E-state index in [-0.39, 0.29) is 24.3 Å². The fraction of sp³-hybridized carbons (Fsp3) is 0.857. The first-order valence-corrected chi connectivity index (χ1v) is 7.12. The summed E-state index contributed by atoms with van der Waals surface area (Å²) in [7, 11) is 0. The quantitative estimate of drug-likeness (QED) is 0.784. The number of carbonyl (C=O) groups is 2. The summed E-state index contributed by atoms with van der Waals surface area (Å²) < 4.78 is 0. The second kappa shape index (κ2) is 6.89. The van der Waals surface area contributed by atoms with Gasteiger partial charge in [-0.3, -0.25) is 9.59 Å². The number of nitrogens with zero attached hydrogens (tertiary/aromatic N) is 1. The molecule has 1 fully saturated rings. The van der Waals surface area contributed by atoms with Crippen LogP contribution in [0.15, 0.2) is 0 Å². The third kappa shape index (κ3) is 4.82. The highest BCUT2D eigenvalue weighted by molar-refractivity contribution is 5.87. The lowest BCUT2D eigenvalue weighted by Crippen LogP contribution is -2.50. The number of carbonyl (C=O) groups excluding carboxylic acids is 2. The number of nitrogens with two attached hydrogens (primary N) is 1. The van der Waals surface area contributed by atoms with Gasteiger partial charge in [0.2, 0.25) is 11.8 Å². The molecular formula is C14H27N3O2. The van der Waals surface area contributed by atoms with Gasteiger partial charge in [0.05, 0.1) is 12.6 Å². The molecule has 1 aliphatic heterocycles. The molecule has 3 N–H and O–H groups in total. The second-order valence-electron chi connectivity index (χ2n) is 6.23. The highest BCUT2D eigenvalue weighted by atomic mass is 16.2. The van der Waals surface area contributed by atoms with Crippen molar-refractivity contribution in [3.8, 4) is 0 Å². The Morgan fingerprint density at radius 3 is 2.26 bits per heavy atom. The summed E-state index contributed by atoms with van der Waals surface area (Å²) >= 11 is 0. The standard InChI is InChI=1S/C14H27N3O2/c1-9(2)13(15)14(19)16-6-12(18)17-7-10(3)5-11(4)8-17/h9-11,13H,5-8,15H2,1-4H3,(H,16,19)/t10?,11?,13-/m0/s1. The van der Waals surface area contributed by atoms with E-state index >= 15 is 0 Å². The molecule has 0 aromatic heterocycles. The number of hydrogen-bond acceptors (Lipinski definition) is 3. The van der Waals surface area contributed by atoms with Crippen molar-refractivity contribution in [2.75, 3.05) is 19.6 Å². The van der Waals surface area contributed by atoms with Crippen LogP contribution >= 0.6 is 0 Å². The zero-order valence-corrected chi connectivity index (χ0v) is 12.5. The van der Waals surface area contributed by atoms with Crippen LogP contribution in [-0.2, 0) is 9.59 Å². The van der Waals surface area contributed by atoms with Crippen LogP contribution in [0.2, 0.25) is 0 Å². The molecule has 0 aromatic rings. The molecule has 1 aliphatic rings. The van der Waals surface area contributed by atoms with E-state index in [2.05, 4.69) is 19.2 Å². The Hall–Kier alpha value is -1.10. The topological polar surface area (TPSA) is 75.4 Å². The Bertz CT molecular complexity index is 321. The predicted octanol–water partition coefficient (Wildman–Crippen LogP) is 0.590. The summed E-state index contributed by atoms with van der Waals surface area (Å²) in [5, 5.41) is 2.64. The Morgan fingerprint density at radius 1 is 1.26 bits per heavy atom. The molecule has 0 aliphatic carbocycles. The Kier molecular flexibility index (Phi) is 5.79. The highest BCUT2D eigenvalue weighted by Crippen LogP contribution is 2.20. The number of nitrogens with one attached hydrogen (secondary N) is 1. The van der Waals surface area contributed by atoms with Crippen LogP contribution in [0.1, 0.15) is 34.1 Å². The normalized spacial score (nSPS) is 25.3. The molecule has 1 saturated heterocycles. The lowest BCUT2D eigenvalue weighted by Gasteiger charge is -2.35. The SMILES string of the molecule is CC1CC(C)CN(C(=O)CNC(=O)[C@@H](N)C(C)C)C1. The summed E-state index contributed by atoms with van der Waals surface area (Å²) in [5.41, 5.74) is 5.73. The van der Waals surface area contributed by atoms with Crippen LogP contribution in [0, 0.1) is 17.8 Å². The van der Waals surface area contributed by atoms with Crippen molar-refractivity contribution >= 4 is 11.8 Å². The van der Waals surface area contributed by atoms with Gasteiger partial charge in [-0.25, -0.2) is 0 Å². The summed E-state index contributed by atoms with van der Waals surface area (Å²) in [6.07, 6.45) is 1.16. The van der Waals surface area contributed by atoms with Crippen LogP contribution in [0.3, 0.4) is 0 Å². The van der Waals surface area contributed by atoms with Crippen molar-refractivity contribution < 1.29 is 9.59 Å². The number of hydrogen-bond donors (Lipinski definition) is 2. The monoisotopic (exact) mass is 269 g/mol. The minimum Gasteiger partial charge on any atom is -0.346 e. The minimum atomic E-state index is -0.549. The zero-order chi connectivity index (χ0) is 14.6. The lowest BCUT2D eigenvalue weighted by molar-refractivity contribution is -0.135. The molecule has 1 heterocycles. The van der Waals surface area contributed by atoms with Crippen molar-refractivity contribution in [3.63, 3.8) is 0 Å². The summed E-state index contributed by atoms with van der Waals surface area (Å²) in [4.78, 5) is 25.6. The smallest absolute Gasteiger partial charge is 0.241 e. The van der Waals surface area contributed by atoms with E-state index in [1.165, 1.54) is 0 Å². The number of piperidine rings is 1. The number of rotatable bonds is 4. The van der Waals surface area contributed by atoms with Crippen LogP contribution in [-0.4, -0.2) is 42.4 Å². The average Bonchev–Trinajstić information content (AvgIpc) is 2.33. The van der Waals surface area contributed by atoms with Gasteiger partial charge in [0, 0.05) is 13.1 Å². The largest absolute Gasteiger partial charge is 0.346 e. The first kappa shape index (κ1) is 16.0. The number of likely N-dealkylation sites (tertiary alicyclic amines) is 1. The molecule has 0 spiro atoms. The van der Waals surface area contributed by atoms with E-state index in [0.29, 0.717) is 11.8 Å². The molecule has 110 valence electrons. The van der Waals surface area contributed by atoms with Crippen LogP contribution in [0.25, 0.3) is 0 Å². The Morgan fingerprint density at radius 2 is 1.79 bits per heavy atom. The average molecular weight is 269 g/mol. The Balaban J connectivity index is 2.41. The number of amides is 2. The van der Waals surface area contributed by atoms with Gasteiger partial charge in [-0.1, -0.05) is 27.7 Å². The highest BCUT2D eigenvalue weighted by Gasteiger charge is 2.26. The molecule has 1 rings (SSSR count). The van der Waals surface area contributed by atoms with E-state index in [1.54, 1.807) is 0 Å². The molecular weight excluding hydrogens is 242 g/mol. The van der Waals surface area contributed by atoms with Crippen LogP contribution < -0.4 is 11.1 Å². The van der Waals surface area contributed by atoms with Crippen molar-refractivity contribution in [1.29, 1.82) is 0 Å². The van der Waals surface area contributed by atoms with E-state index in [9.17, 15) is 9.59 Å². The van der Waals surface area contributed by atoms with Gasteiger partial charge in [-0.15, -0.1) is 0 Å². The lowest BCUT2D eigenvalue weighted by atomic mass is 9.92. The van der Waals surface area contributed by atoms with Crippen LogP contribution in [0.5, 0.6) is 0 Å². The summed E-state index contributed by atoms with van der Waals surface area (Å²) in [5.74, 6) is 0.872. The van der Waals surface area contributed by atoms with E-state index in [4.69, 9.17) is 5.73 Å². The first-order valence-electron chi connectivity index (χ1n) is 7.12. The molecule has 5 nitrogen and oxygen atoms in total. The molecule has 2 amide bonds. The molecule has 2 unspecified atom stereocenters. The van der Waals surface area contributed by atoms with Gasteiger partial charge in [0.15, 0.2) is 0 Å².